The van der Waals surface area contributed by atoms with Gasteiger partial charge in [0.2, 0.25) is 0 Å². The van der Waals surface area contributed by atoms with E-state index in [4.69, 9.17) is 5.73 Å². The Labute approximate surface area is 62.8 Å². The van der Waals surface area contributed by atoms with Gasteiger partial charge in [-0.1, -0.05) is 0 Å². The number of hydrogen-bond donors (Lipinski definition) is 2. The SMILES string of the molecule is Nc1cc2c(c(=O)[nH]1)CC=N2. The summed E-state index contributed by atoms with van der Waals surface area (Å²) in [5.41, 5.74) is 6.68. The van der Waals surface area contributed by atoms with Gasteiger partial charge < -0.3 is 10.7 Å². The van der Waals surface area contributed by atoms with Gasteiger partial charge >= 0.3 is 0 Å². The van der Waals surface area contributed by atoms with Gasteiger partial charge in [0.15, 0.2) is 0 Å². The van der Waals surface area contributed by atoms with Crippen LogP contribution in [0.3, 0.4) is 0 Å². The van der Waals surface area contributed by atoms with Crippen LogP contribution < -0.4 is 11.3 Å². The molecular weight excluding hydrogens is 142 g/mol. The largest absolute Gasteiger partial charge is 0.385 e. The summed E-state index contributed by atoms with van der Waals surface area (Å²) in [5, 5.41) is 0. The summed E-state index contributed by atoms with van der Waals surface area (Å²) in [6.45, 7) is 0. The monoisotopic (exact) mass is 149 g/mol. The Morgan fingerprint density at radius 2 is 2.45 bits per heavy atom. The van der Waals surface area contributed by atoms with Gasteiger partial charge in [-0.15, -0.1) is 0 Å². The van der Waals surface area contributed by atoms with E-state index in [1.165, 1.54) is 0 Å². The number of anilines is 1. The van der Waals surface area contributed by atoms with Crippen molar-refractivity contribution in [3.05, 3.63) is 22.0 Å². The number of nitrogens with zero attached hydrogens (tertiary/aromatic N) is 1. The second kappa shape index (κ2) is 1.95. The Morgan fingerprint density at radius 1 is 1.64 bits per heavy atom. The third kappa shape index (κ3) is 0.832. The Balaban J connectivity index is 2.76. The molecule has 0 amide bonds. The van der Waals surface area contributed by atoms with E-state index < -0.39 is 0 Å². The van der Waals surface area contributed by atoms with E-state index in [1.54, 1.807) is 12.3 Å². The molecule has 0 unspecified atom stereocenters. The molecule has 0 bridgehead atoms. The highest BCUT2D eigenvalue weighted by molar-refractivity contribution is 5.76. The molecule has 11 heavy (non-hydrogen) atoms. The molecular formula is C7H7N3O. The van der Waals surface area contributed by atoms with Gasteiger partial charge in [0.1, 0.15) is 5.82 Å². The summed E-state index contributed by atoms with van der Waals surface area (Å²) >= 11 is 0. The number of nitrogen functional groups attached to an aromatic ring is 1. The second-order valence-corrected chi connectivity index (χ2v) is 2.43. The highest BCUT2D eigenvalue weighted by Crippen LogP contribution is 2.20. The van der Waals surface area contributed by atoms with E-state index in [9.17, 15) is 4.79 Å². The van der Waals surface area contributed by atoms with E-state index in [0.717, 1.165) is 0 Å². The Kier molecular flexibility index (Phi) is 1.09. The van der Waals surface area contributed by atoms with Crippen LogP contribution >= 0.6 is 0 Å². The summed E-state index contributed by atoms with van der Waals surface area (Å²) in [7, 11) is 0. The molecule has 4 heteroatoms. The third-order valence-electron chi connectivity index (χ3n) is 1.66. The Bertz CT molecular complexity index is 378. The first kappa shape index (κ1) is 6.15. The molecule has 2 heterocycles. The van der Waals surface area contributed by atoms with E-state index in [-0.39, 0.29) is 5.56 Å². The van der Waals surface area contributed by atoms with Gasteiger partial charge in [-0.2, -0.15) is 0 Å². The molecule has 2 rings (SSSR count). The fraction of sp³-hybridized carbons (Fsp3) is 0.143. The molecule has 0 aromatic carbocycles. The molecule has 0 fully saturated rings. The van der Waals surface area contributed by atoms with Crippen LogP contribution in [-0.4, -0.2) is 11.2 Å². The molecule has 0 saturated carbocycles. The second-order valence-electron chi connectivity index (χ2n) is 2.43. The van der Waals surface area contributed by atoms with Gasteiger partial charge in [0.25, 0.3) is 5.56 Å². The Hall–Kier alpha value is -1.58. The third-order valence-corrected chi connectivity index (χ3v) is 1.66. The zero-order valence-corrected chi connectivity index (χ0v) is 5.79. The lowest BCUT2D eigenvalue weighted by Gasteiger charge is -1.96. The van der Waals surface area contributed by atoms with Crippen LogP contribution in [0.15, 0.2) is 15.9 Å². The predicted octanol–water partition coefficient (Wildman–Crippen LogP) is 0.215. The molecule has 1 aromatic heterocycles. The molecule has 56 valence electrons. The van der Waals surface area contributed by atoms with Gasteiger partial charge in [0, 0.05) is 24.3 Å². The van der Waals surface area contributed by atoms with Crippen molar-refractivity contribution in [1.29, 1.82) is 0 Å². The number of fused-ring (bicyclic) bond motifs is 1. The summed E-state index contributed by atoms with van der Waals surface area (Å²) in [6, 6.07) is 1.67. The van der Waals surface area contributed by atoms with Crippen molar-refractivity contribution in [3.8, 4) is 0 Å². The van der Waals surface area contributed by atoms with Crippen molar-refractivity contribution in [2.24, 2.45) is 4.99 Å². The number of rotatable bonds is 0. The summed E-state index contributed by atoms with van der Waals surface area (Å²) < 4.78 is 0. The fourth-order valence-corrected chi connectivity index (χ4v) is 1.14. The first-order valence-electron chi connectivity index (χ1n) is 3.31. The summed E-state index contributed by atoms with van der Waals surface area (Å²) in [5.74, 6) is 0.368. The lowest BCUT2D eigenvalue weighted by atomic mass is 10.2. The minimum Gasteiger partial charge on any atom is -0.385 e. The minimum absolute atomic E-state index is 0.127. The molecule has 1 aliphatic heterocycles. The molecule has 1 aromatic rings. The number of aromatic nitrogens is 1. The number of aromatic amines is 1. The fourth-order valence-electron chi connectivity index (χ4n) is 1.14. The predicted molar refractivity (Wildman–Crippen MR) is 43.3 cm³/mol. The molecule has 0 radical (unpaired) electrons. The average molecular weight is 149 g/mol. The normalized spacial score (nSPS) is 13.5. The molecule has 1 aliphatic rings. The maximum absolute atomic E-state index is 11.1. The lowest BCUT2D eigenvalue weighted by molar-refractivity contribution is 1.18. The van der Waals surface area contributed by atoms with Crippen LogP contribution in [0.5, 0.6) is 0 Å². The number of H-pyrrole nitrogens is 1. The number of hydrogen-bond acceptors (Lipinski definition) is 3. The lowest BCUT2D eigenvalue weighted by Crippen LogP contribution is -2.12. The smallest absolute Gasteiger partial charge is 0.255 e. The van der Waals surface area contributed by atoms with E-state index in [2.05, 4.69) is 9.98 Å². The number of nitrogens with two attached hydrogens (primary N) is 1. The minimum atomic E-state index is -0.127. The average Bonchev–Trinajstić information content (AvgIpc) is 2.34. The first-order chi connectivity index (χ1) is 5.27. The van der Waals surface area contributed by atoms with Crippen molar-refractivity contribution >= 4 is 17.7 Å². The van der Waals surface area contributed by atoms with Crippen LogP contribution in [0.25, 0.3) is 0 Å². The van der Waals surface area contributed by atoms with Crippen LogP contribution in [0.2, 0.25) is 0 Å². The molecule has 3 N–H and O–H groups in total. The van der Waals surface area contributed by atoms with Crippen LogP contribution in [0, 0.1) is 0 Å². The van der Waals surface area contributed by atoms with Crippen molar-refractivity contribution < 1.29 is 0 Å². The molecule has 0 atom stereocenters. The van der Waals surface area contributed by atoms with Crippen LogP contribution in [0.4, 0.5) is 11.5 Å². The molecule has 4 nitrogen and oxygen atoms in total. The molecule has 0 saturated heterocycles. The number of pyridine rings is 1. The van der Waals surface area contributed by atoms with E-state index >= 15 is 0 Å². The van der Waals surface area contributed by atoms with Crippen LogP contribution in [-0.2, 0) is 6.42 Å². The van der Waals surface area contributed by atoms with Crippen molar-refractivity contribution in [1.82, 2.24) is 4.98 Å². The number of nitrogens with one attached hydrogen (secondary N) is 1. The zero-order valence-electron chi connectivity index (χ0n) is 5.79. The standard InChI is InChI=1S/C7H7N3O/c8-6-3-5-4(1-2-9-5)7(11)10-6/h2-3H,1H2,(H3,8,10,11). The van der Waals surface area contributed by atoms with Gasteiger partial charge in [-0.3, -0.25) is 9.79 Å². The first-order valence-corrected chi connectivity index (χ1v) is 3.31. The summed E-state index contributed by atoms with van der Waals surface area (Å²) in [6.07, 6.45) is 2.32. The zero-order chi connectivity index (χ0) is 7.84. The van der Waals surface area contributed by atoms with Crippen molar-refractivity contribution in [2.75, 3.05) is 5.73 Å². The quantitative estimate of drug-likeness (QED) is 0.553. The summed E-state index contributed by atoms with van der Waals surface area (Å²) in [4.78, 5) is 17.6. The number of aliphatic imine (C=N–C) groups is 1. The van der Waals surface area contributed by atoms with Crippen LogP contribution in [0.1, 0.15) is 5.56 Å². The topological polar surface area (TPSA) is 71.2 Å². The van der Waals surface area contributed by atoms with Crippen molar-refractivity contribution in [2.45, 2.75) is 6.42 Å². The van der Waals surface area contributed by atoms with E-state index in [1.807, 2.05) is 0 Å². The van der Waals surface area contributed by atoms with Gasteiger partial charge in [0.05, 0.1) is 5.69 Å². The Morgan fingerprint density at radius 3 is 3.27 bits per heavy atom. The highest BCUT2D eigenvalue weighted by atomic mass is 16.1. The van der Waals surface area contributed by atoms with Gasteiger partial charge in [-0.25, -0.2) is 0 Å². The van der Waals surface area contributed by atoms with Crippen molar-refractivity contribution in [3.63, 3.8) is 0 Å². The van der Waals surface area contributed by atoms with Gasteiger partial charge in [-0.05, 0) is 0 Å². The highest BCUT2D eigenvalue weighted by Gasteiger charge is 2.10. The van der Waals surface area contributed by atoms with E-state index in [0.29, 0.717) is 23.5 Å². The maximum atomic E-state index is 11.1. The maximum Gasteiger partial charge on any atom is 0.255 e. The molecule has 0 aliphatic carbocycles. The molecule has 0 spiro atoms.